The summed E-state index contributed by atoms with van der Waals surface area (Å²) in [5.74, 6) is -0.915. The van der Waals surface area contributed by atoms with Crippen LogP contribution in [-0.2, 0) is 14.3 Å². The van der Waals surface area contributed by atoms with Crippen LogP contribution >= 0.6 is 12.4 Å². The van der Waals surface area contributed by atoms with Crippen molar-refractivity contribution in [1.29, 1.82) is 0 Å². The van der Waals surface area contributed by atoms with Crippen molar-refractivity contribution < 1.29 is 19.4 Å². The van der Waals surface area contributed by atoms with Crippen molar-refractivity contribution in [3.63, 3.8) is 0 Å². The van der Waals surface area contributed by atoms with E-state index in [-0.39, 0.29) is 31.1 Å². The van der Waals surface area contributed by atoms with E-state index in [4.69, 9.17) is 9.47 Å². The van der Waals surface area contributed by atoms with Gasteiger partial charge in [-0.1, -0.05) is 30.3 Å². The molecule has 6 heteroatoms. The molecule has 0 amide bonds. The Labute approximate surface area is 142 Å². The van der Waals surface area contributed by atoms with Gasteiger partial charge in [0.1, 0.15) is 24.2 Å². The molecule has 0 saturated carbocycles. The SMILES string of the molecule is CN1[C@@H]2CC(OC(=O)[C@H](CO)c3ccccc3)C[C@H]1[C@@H]1O[C@@H]12.Cl. The van der Waals surface area contributed by atoms with Gasteiger partial charge < -0.3 is 14.6 Å². The fourth-order valence-electron chi connectivity index (χ4n) is 4.04. The van der Waals surface area contributed by atoms with E-state index in [0.29, 0.717) is 24.3 Å². The largest absolute Gasteiger partial charge is 0.462 e. The van der Waals surface area contributed by atoms with Crippen molar-refractivity contribution in [2.45, 2.75) is 49.2 Å². The Morgan fingerprint density at radius 1 is 1.30 bits per heavy atom. The van der Waals surface area contributed by atoms with E-state index in [9.17, 15) is 9.90 Å². The van der Waals surface area contributed by atoms with E-state index in [0.717, 1.165) is 18.4 Å². The average molecular weight is 340 g/mol. The number of halogens is 1. The molecule has 6 atom stereocenters. The van der Waals surface area contributed by atoms with Crippen molar-refractivity contribution in [2.75, 3.05) is 13.7 Å². The summed E-state index contributed by atoms with van der Waals surface area (Å²) in [6.45, 7) is -0.226. The van der Waals surface area contributed by atoms with Gasteiger partial charge >= 0.3 is 5.97 Å². The summed E-state index contributed by atoms with van der Waals surface area (Å²) >= 11 is 0. The van der Waals surface area contributed by atoms with Crippen LogP contribution in [0.1, 0.15) is 24.3 Å². The average Bonchev–Trinajstić information content (AvgIpc) is 3.27. The molecule has 1 aromatic carbocycles. The minimum atomic E-state index is -0.593. The van der Waals surface area contributed by atoms with Crippen molar-refractivity contribution in [1.82, 2.24) is 4.90 Å². The fourth-order valence-corrected chi connectivity index (χ4v) is 4.04. The van der Waals surface area contributed by atoms with E-state index >= 15 is 0 Å². The number of carbonyl (C=O) groups excluding carboxylic acids is 1. The normalized spacial score (nSPS) is 35.8. The second-order valence-corrected chi connectivity index (χ2v) is 6.54. The lowest BCUT2D eigenvalue weighted by Crippen LogP contribution is -2.48. The van der Waals surface area contributed by atoms with Crippen LogP contribution in [0, 0.1) is 0 Å². The highest BCUT2D eigenvalue weighted by Gasteiger charge is 2.62. The first-order valence-electron chi connectivity index (χ1n) is 7.92. The van der Waals surface area contributed by atoms with Crippen molar-refractivity contribution in [2.24, 2.45) is 0 Å². The summed E-state index contributed by atoms with van der Waals surface area (Å²) < 4.78 is 11.4. The second-order valence-electron chi connectivity index (χ2n) is 6.54. The minimum absolute atomic E-state index is 0. The van der Waals surface area contributed by atoms with Crippen LogP contribution in [0.25, 0.3) is 0 Å². The highest BCUT2D eigenvalue weighted by atomic mass is 35.5. The molecule has 126 valence electrons. The number of carbonyl (C=O) groups is 1. The Morgan fingerprint density at radius 2 is 1.91 bits per heavy atom. The molecule has 4 rings (SSSR count). The number of likely N-dealkylation sites (N-methyl/N-ethyl adjacent to an activating group) is 1. The number of aliphatic hydroxyl groups excluding tert-OH is 1. The van der Waals surface area contributed by atoms with Gasteiger partial charge in [-0.2, -0.15) is 0 Å². The molecule has 0 radical (unpaired) electrons. The number of hydrogen-bond acceptors (Lipinski definition) is 5. The standard InChI is InChI=1S/C17H21NO4.ClH/c1-18-13-7-11(8-14(18)16-15(13)22-16)21-17(20)12(9-19)10-5-3-2-4-6-10;/h2-6,11-16,19H,7-9H2,1H3;1H/t11?,12-,13-,14+,15-,16+;/m1./s1. The maximum absolute atomic E-state index is 12.4. The number of aliphatic hydroxyl groups is 1. The van der Waals surface area contributed by atoms with E-state index in [1.165, 1.54) is 0 Å². The Kier molecular flexibility index (Phi) is 4.65. The Hall–Kier alpha value is -1.14. The van der Waals surface area contributed by atoms with Crippen molar-refractivity contribution in [3.8, 4) is 0 Å². The highest BCUT2D eigenvalue weighted by molar-refractivity contribution is 5.85. The number of piperidine rings is 1. The molecule has 0 spiro atoms. The molecule has 5 nitrogen and oxygen atoms in total. The first-order chi connectivity index (χ1) is 10.7. The topological polar surface area (TPSA) is 62.3 Å². The molecule has 0 aliphatic carbocycles. The Balaban J connectivity index is 0.00000156. The van der Waals surface area contributed by atoms with Gasteiger partial charge in [0.2, 0.25) is 0 Å². The maximum atomic E-state index is 12.4. The summed E-state index contributed by atoms with van der Waals surface area (Å²) in [5, 5.41) is 9.56. The molecule has 23 heavy (non-hydrogen) atoms. The lowest BCUT2D eigenvalue weighted by atomic mass is 9.97. The van der Waals surface area contributed by atoms with Crippen LogP contribution in [0.3, 0.4) is 0 Å². The molecule has 3 fully saturated rings. The molecule has 1 unspecified atom stereocenters. The lowest BCUT2D eigenvalue weighted by molar-refractivity contribution is -0.156. The van der Waals surface area contributed by atoms with Crippen LogP contribution < -0.4 is 0 Å². The monoisotopic (exact) mass is 339 g/mol. The number of morpholine rings is 1. The summed E-state index contributed by atoms with van der Waals surface area (Å²) in [4.78, 5) is 14.8. The molecule has 3 heterocycles. The molecular formula is C17H22ClNO4. The van der Waals surface area contributed by atoms with Gasteiger partial charge in [-0.25, -0.2) is 0 Å². The van der Waals surface area contributed by atoms with Gasteiger partial charge in [-0.05, 0) is 12.6 Å². The molecule has 1 N–H and O–H groups in total. The third-order valence-corrected chi connectivity index (χ3v) is 5.33. The highest BCUT2D eigenvalue weighted by Crippen LogP contribution is 2.48. The van der Waals surface area contributed by atoms with Gasteiger partial charge in [0.15, 0.2) is 0 Å². The van der Waals surface area contributed by atoms with Crippen molar-refractivity contribution in [3.05, 3.63) is 35.9 Å². The number of hydrogen-bond donors (Lipinski definition) is 1. The number of ether oxygens (including phenoxy) is 2. The molecule has 1 aromatic rings. The molecule has 0 aromatic heterocycles. The fraction of sp³-hybridized carbons (Fsp3) is 0.588. The maximum Gasteiger partial charge on any atom is 0.316 e. The lowest BCUT2D eigenvalue weighted by Gasteiger charge is -2.38. The quantitative estimate of drug-likeness (QED) is 0.662. The third kappa shape index (κ3) is 2.87. The summed E-state index contributed by atoms with van der Waals surface area (Å²) in [7, 11) is 2.13. The number of rotatable bonds is 4. The number of epoxide rings is 1. The van der Waals surface area contributed by atoms with Gasteiger partial charge in [-0.15, -0.1) is 12.4 Å². The number of benzene rings is 1. The molecule has 3 aliphatic heterocycles. The van der Waals surface area contributed by atoms with Crippen LogP contribution in [0.15, 0.2) is 30.3 Å². The predicted molar refractivity (Wildman–Crippen MR) is 86.6 cm³/mol. The van der Waals surface area contributed by atoms with Crippen LogP contribution in [0.5, 0.6) is 0 Å². The van der Waals surface area contributed by atoms with Gasteiger partial charge in [0.25, 0.3) is 0 Å². The summed E-state index contributed by atoms with van der Waals surface area (Å²) in [6.07, 6.45) is 2.26. The van der Waals surface area contributed by atoms with E-state index in [1.54, 1.807) is 0 Å². The van der Waals surface area contributed by atoms with Crippen LogP contribution in [0.4, 0.5) is 0 Å². The second kappa shape index (κ2) is 6.40. The zero-order chi connectivity index (χ0) is 15.3. The zero-order valence-corrected chi connectivity index (χ0v) is 13.8. The first-order valence-corrected chi connectivity index (χ1v) is 7.92. The van der Waals surface area contributed by atoms with Crippen LogP contribution in [0.2, 0.25) is 0 Å². The van der Waals surface area contributed by atoms with E-state index < -0.39 is 5.92 Å². The number of nitrogens with zero attached hydrogens (tertiary/aromatic N) is 1. The summed E-state index contributed by atoms with van der Waals surface area (Å²) in [6, 6.07) is 10.1. The van der Waals surface area contributed by atoms with Gasteiger partial charge in [-0.3, -0.25) is 9.69 Å². The number of esters is 1. The van der Waals surface area contributed by atoms with E-state index in [2.05, 4.69) is 11.9 Å². The number of fused-ring (bicyclic) bond motifs is 5. The Morgan fingerprint density at radius 3 is 2.48 bits per heavy atom. The summed E-state index contributed by atoms with van der Waals surface area (Å²) in [5.41, 5.74) is 0.803. The van der Waals surface area contributed by atoms with Gasteiger partial charge in [0, 0.05) is 24.9 Å². The first kappa shape index (κ1) is 16.7. The molecular weight excluding hydrogens is 318 g/mol. The van der Waals surface area contributed by atoms with Crippen LogP contribution in [-0.4, -0.2) is 60.0 Å². The predicted octanol–water partition coefficient (Wildman–Crippen LogP) is 1.34. The smallest absolute Gasteiger partial charge is 0.316 e. The molecule has 3 saturated heterocycles. The molecule has 3 aliphatic rings. The minimum Gasteiger partial charge on any atom is -0.462 e. The van der Waals surface area contributed by atoms with Gasteiger partial charge in [0.05, 0.1) is 6.61 Å². The van der Waals surface area contributed by atoms with E-state index in [1.807, 2.05) is 30.3 Å². The zero-order valence-electron chi connectivity index (χ0n) is 13.0. The molecule has 2 bridgehead atoms. The Bertz CT molecular complexity index is 551. The van der Waals surface area contributed by atoms with Crippen molar-refractivity contribution >= 4 is 18.4 Å². The third-order valence-electron chi connectivity index (χ3n) is 5.33.